The monoisotopic (exact) mass is 484 g/mol. The Morgan fingerprint density at radius 2 is 1.97 bits per heavy atom. The van der Waals surface area contributed by atoms with Crippen LogP contribution in [0.2, 0.25) is 0 Å². The van der Waals surface area contributed by atoms with E-state index in [0.29, 0.717) is 36.8 Å². The molecule has 2 aliphatic heterocycles. The Labute approximate surface area is 199 Å². The second kappa shape index (κ2) is 10.00. The number of thiazole rings is 1. The maximum Gasteiger partial charge on any atom is 0.321 e. The smallest absolute Gasteiger partial charge is 0.321 e. The zero-order chi connectivity index (χ0) is 24.2. The maximum absolute atomic E-state index is 13.1. The van der Waals surface area contributed by atoms with Gasteiger partial charge in [-0.25, -0.2) is 9.78 Å². The van der Waals surface area contributed by atoms with E-state index < -0.39 is 29.7 Å². The molecule has 0 radical (unpaired) electrons. The molecule has 12 heteroatoms. The first-order valence-corrected chi connectivity index (χ1v) is 11.7. The highest BCUT2D eigenvalue weighted by molar-refractivity contribution is 7.15. The fourth-order valence-corrected chi connectivity index (χ4v) is 4.55. The van der Waals surface area contributed by atoms with Gasteiger partial charge in [-0.3, -0.25) is 34.7 Å². The number of carbonyl (C=O) groups excluding carboxylic acids is 5. The largest absolute Gasteiger partial charge is 0.384 e. The van der Waals surface area contributed by atoms with Crippen LogP contribution in [-0.2, 0) is 9.59 Å². The lowest BCUT2D eigenvalue weighted by Gasteiger charge is -2.27. The van der Waals surface area contributed by atoms with Gasteiger partial charge in [0.05, 0.1) is 11.1 Å². The van der Waals surface area contributed by atoms with Crippen LogP contribution in [0, 0.1) is 6.92 Å². The number of hydrogen-bond donors (Lipinski definition) is 4. The molecule has 1 aromatic carbocycles. The van der Waals surface area contributed by atoms with E-state index in [9.17, 15) is 24.0 Å². The maximum atomic E-state index is 13.1. The zero-order valence-electron chi connectivity index (χ0n) is 18.5. The summed E-state index contributed by atoms with van der Waals surface area (Å²) in [5, 5.41) is 11.3. The van der Waals surface area contributed by atoms with Gasteiger partial charge < -0.3 is 10.6 Å². The second-order valence-electron chi connectivity index (χ2n) is 7.97. The third-order valence-electron chi connectivity index (χ3n) is 5.51. The molecule has 1 unspecified atom stereocenters. The second-order valence-corrected chi connectivity index (χ2v) is 9.20. The average Bonchev–Trinajstić information content (AvgIpc) is 3.31. The van der Waals surface area contributed by atoms with Gasteiger partial charge >= 0.3 is 6.03 Å². The van der Waals surface area contributed by atoms with Gasteiger partial charge in [0.2, 0.25) is 11.8 Å². The van der Waals surface area contributed by atoms with Crippen molar-refractivity contribution in [2.45, 2.75) is 38.6 Å². The number of nitrogens with zero attached hydrogens (tertiary/aromatic N) is 2. The van der Waals surface area contributed by atoms with Gasteiger partial charge in [-0.2, -0.15) is 0 Å². The molecule has 1 atom stereocenters. The van der Waals surface area contributed by atoms with Crippen molar-refractivity contribution >= 4 is 51.8 Å². The van der Waals surface area contributed by atoms with Crippen molar-refractivity contribution in [2.75, 3.05) is 23.7 Å². The number of urea groups is 1. The number of fused-ring (bicyclic) bond motifs is 1. The van der Waals surface area contributed by atoms with Crippen LogP contribution in [0.3, 0.4) is 0 Å². The average molecular weight is 485 g/mol. The number of anilines is 2. The molecule has 0 aliphatic carbocycles. The first kappa shape index (κ1) is 23.4. The summed E-state index contributed by atoms with van der Waals surface area (Å²) in [5.41, 5.74) is 0.972. The molecule has 4 rings (SSSR count). The van der Waals surface area contributed by atoms with Gasteiger partial charge in [-0.1, -0.05) is 6.07 Å². The van der Waals surface area contributed by atoms with Crippen molar-refractivity contribution in [3.05, 3.63) is 40.4 Å². The minimum Gasteiger partial charge on any atom is -0.384 e. The Morgan fingerprint density at radius 1 is 1.18 bits per heavy atom. The van der Waals surface area contributed by atoms with E-state index in [1.165, 1.54) is 11.3 Å². The highest BCUT2D eigenvalue weighted by Gasteiger charge is 2.45. The summed E-state index contributed by atoms with van der Waals surface area (Å²) in [6.07, 6.45) is 3.28. The standard InChI is InChI=1S/C22H24N6O5S/c1-12-11-25-22(34-12)27-21(33)24-10-3-2-9-23-14-6-4-5-13-17(14)20(32)28(19(13)31)15-7-8-16(29)26-18(15)30/h4-6,11,15,23H,2-3,7-10H2,1H3,(H,26,29,30)(H2,24,25,27,33). The predicted octanol–water partition coefficient (Wildman–Crippen LogP) is 1.87. The van der Waals surface area contributed by atoms with E-state index in [2.05, 4.69) is 26.3 Å². The number of aromatic nitrogens is 1. The summed E-state index contributed by atoms with van der Waals surface area (Å²) in [4.78, 5) is 67.5. The molecule has 4 N–H and O–H groups in total. The molecule has 0 bridgehead atoms. The third kappa shape index (κ3) is 4.91. The van der Waals surface area contributed by atoms with Gasteiger partial charge in [0, 0.05) is 36.3 Å². The van der Waals surface area contributed by atoms with Crippen LogP contribution in [0.1, 0.15) is 51.3 Å². The minimum atomic E-state index is -0.997. The minimum absolute atomic E-state index is 0.0739. The van der Waals surface area contributed by atoms with E-state index in [0.717, 1.165) is 9.78 Å². The van der Waals surface area contributed by atoms with Crippen LogP contribution in [-0.4, -0.2) is 58.7 Å². The number of nitrogens with one attached hydrogen (secondary N) is 4. The molecule has 34 heavy (non-hydrogen) atoms. The summed E-state index contributed by atoms with van der Waals surface area (Å²) < 4.78 is 0. The fourth-order valence-electron chi connectivity index (χ4n) is 3.89. The van der Waals surface area contributed by atoms with Gasteiger partial charge in [-0.05, 0) is 38.3 Å². The Hall–Kier alpha value is -3.80. The lowest BCUT2D eigenvalue weighted by atomic mass is 10.0. The molecule has 2 aromatic rings. The normalized spacial score (nSPS) is 17.4. The number of amides is 6. The zero-order valence-corrected chi connectivity index (χ0v) is 19.3. The lowest BCUT2D eigenvalue weighted by Crippen LogP contribution is -2.54. The molecule has 11 nitrogen and oxygen atoms in total. The van der Waals surface area contributed by atoms with E-state index in [-0.39, 0.29) is 30.0 Å². The Balaban J connectivity index is 1.28. The number of imide groups is 2. The van der Waals surface area contributed by atoms with E-state index in [4.69, 9.17) is 0 Å². The van der Waals surface area contributed by atoms with E-state index >= 15 is 0 Å². The van der Waals surface area contributed by atoms with Crippen LogP contribution in [0.5, 0.6) is 0 Å². The number of carbonyl (C=O) groups is 5. The number of piperidine rings is 1. The van der Waals surface area contributed by atoms with Crippen molar-refractivity contribution in [3.63, 3.8) is 0 Å². The molecule has 1 aromatic heterocycles. The van der Waals surface area contributed by atoms with Crippen molar-refractivity contribution in [1.82, 2.24) is 20.5 Å². The van der Waals surface area contributed by atoms with Crippen molar-refractivity contribution in [3.8, 4) is 0 Å². The molecular formula is C22H24N6O5S. The molecule has 0 spiro atoms. The summed E-state index contributed by atoms with van der Waals surface area (Å²) in [6, 6.07) is 3.62. The van der Waals surface area contributed by atoms with E-state index in [1.807, 2.05) is 6.92 Å². The molecule has 3 heterocycles. The van der Waals surface area contributed by atoms with Gasteiger partial charge in [-0.15, -0.1) is 11.3 Å². The molecular weight excluding hydrogens is 460 g/mol. The van der Waals surface area contributed by atoms with Gasteiger partial charge in [0.15, 0.2) is 5.13 Å². The van der Waals surface area contributed by atoms with Crippen LogP contribution in [0.25, 0.3) is 0 Å². The summed E-state index contributed by atoms with van der Waals surface area (Å²) in [5.74, 6) is -2.13. The van der Waals surface area contributed by atoms with Crippen molar-refractivity contribution < 1.29 is 24.0 Å². The number of unbranched alkanes of at least 4 members (excludes halogenated alkanes) is 1. The summed E-state index contributed by atoms with van der Waals surface area (Å²) in [6.45, 7) is 2.89. The topological polar surface area (TPSA) is 150 Å². The number of benzene rings is 1. The number of aryl methyl sites for hydroxylation is 1. The summed E-state index contributed by atoms with van der Waals surface area (Å²) >= 11 is 1.40. The van der Waals surface area contributed by atoms with E-state index in [1.54, 1.807) is 24.4 Å². The van der Waals surface area contributed by atoms with Crippen LogP contribution < -0.4 is 21.3 Å². The van der Waals surface area contributed by atoms with Crippen molar-refractivity contribution in [2.24, 2.45) is 0 Å². The highest BCUT2D eigenvalue weighted by atomic mass is 32.1. The molecule has 178 valence electrons. The Kier molecular flexibility index (Phi) is 6.87. The Morgan fingerprint density at radius 3 is 2.71 bits per heavy atom. The van der Waals surface area contributed by atoms with Crippen LogP contribution in [0.4, 0.5) is 15.6 Å². The van der Waals surface area contributed by atoms with Crippen molar-refractivity contribution in [1.29, 1.82) is 0 Å². The van der Waals surface area contributed by atoms with Gasteiger partial charge in [0.1, 0.15) is 6.04 Å². The Bertz CT molecular complexity index is 1160. The third-order valence-corrected chi connectivity index (χ3v) is 6.34. The van der Waals surface area contributed by atoms with Gasteiger partial charge in [0.25, 0.3) is 11.8 Å². The molecule has 1 saturated heterocycles. The molecule has 2 aliphatic rings. The SMILES string of the molecule is Cc1cnc(NC(=O)NCCCCNc2cccc3c2C(=O)N(C2CCC(=O)NC2=O)C3=O)s1. The molecule has 6 amide bonds. The lowest BCUT2D eigenvalue weighted by molar-refractivity contribution is -0.136. The first-order valence-electron chi connectivity index (χ1n) is 10.9. The highest BCUT2D eigenvalue weighted by Crippen LogP contribution is 2.32. The first-order chi connectivity index (χ1) is 16.3. The molecule has 0 saturated carbocycles. The van der Waals surface area contributed by atoms with Crippen LogP contribution >= 0.6 is 11.3 Å². The number of rotatable bonds is 8. The summed E-state index contributed by atoms with van der Waals surface area (Å²) in [7, 11) is 0. The number of hydrogen-bond acceptors (Lipinski definition) is 8. The van der Waals surface area contributed by atoms with Crippen LogP contribution in [0.15, 0.2) is 24.4 Å². The molecule has 1 fully saturated rings. The predicted molar refractivity (Wildman–Crippen MR) is 125 cm³/mol. The quantitative estimate of drug-likeness (QED) is 0.330. The fraction of sp³-hybridized carbons (Fsp3) is 0.364.